The Morgan fingerprint density at radius 2 is 2.29 bits per heavy atom. The highest BCUT2D eigenvalue weighted by Gasteiger charge is 2.13. The lowest BCUT2D eigenvalue weighted by Crippen LogP contribution is -2.09. The van der Waals surface area contributed by atoms with Gasteiger partial charge in [0.05, 0.1) is 17.0 Å². The molecular formula is C10H11BrN2O. The Morgan fingerprint density at radius 1 is 1.64 bits per heavy atom. The van der Waals surface area contributed by atoms with Gasteiger partial charge in [-0.2, -0.15) is 5.26 Å². The van der Waals surface area contributed by atoms with Crippen molar-refractivity contribution in [3.05, 3.63) is 27.7 Å². The molecular weight excluding hydrogens is 244 g/mol. The van der Waals surface area contributed by atoms with E-state index < -0.39 is 6.04 Å². The molecule has 0 radical (unpaired) electrons. The smallest absolute Gasteiger partial charge is 0.134 e. The van der Waals surface area contributed by atoms with Gasteiger partial charge in [-0.15, -0.1) is 0 Å². The Morgan fingerprint density at radius 3 is 2.86 bits per heavy atom. The van der Waals surface area contributed by atoms with Crippen LogP contribution in [0.3, 0.4) is 0 Å². The van der Waals surface area contributed by atoms with E-state index in [1.165, 1.54) is 0 Å². The fraction of sp³-hybridized carbons (Fsp3) is 0.300. The van der Waals surface area contributed by atoms with Gasteiger partial charge in [-0.25, -0.2) is 0 Å². The van der Waals surface area contributed by atoms with Crippen molar-refractivity contribution in [2.75, 3.05) is 0 Å². The summed E-state index contributed by atoms with van der Waals surface area (Å²) >= 11 is 3.23. The van der Waals surface area contributed by atoms with E-state index in [4.69, 9.17) is 11.0 Å². The number of nitrogens with two attached hydrogens (primary N) is 1. The summed E-state index contributed by atoms with van der Waals surface area (Å²) in [5.74, 6) is 0.123. The van der Waals surface area contributed by atoms with E-state index in [-0.39, 0.29) is 12.2 Å². The largest absolute Gasteiger partial charge is 0.506 e. The number of rotatable bonds is 2. The molecule has 0 saturated heterocycles. The molecule has 1 aromatic rings. The van der Waals surface area contributed by atoms with Gasteiger partial charge in [-0.05, 0) is 34.5 Å². The fourth-order valence-electron chi connectivity index (χ4n) is 1.25. The summed E-state index contributed by atoms with van der Waals surface area (Å²) < 4.78 is 0.612. The van der Waals surface area contributed by atoms with Crippen molar-refractivity contribution in [2.45, 2.75) is 19.4 Å². The van der Waals surface area contributed by atoms with Crippen LogP contribution in [-0.2, 0) is 0 Å². The van der Waals surface area contributed by atoms with Crippen LogP contribution in [0.15, 0.2) is 16.6 Å². The summed E-state index contributed by atoms with van der Waals surface area (Å²) in [6, 6.07) is 5.14. The third-order valence-electron chi connectivity index (χ3n) is 1.95. The van der Waals surface area contributed by atoms with Crippen LogP contribution in [-0.4, -0.2) is 5.11 Å². The first-order valence-corrected chi connectivity index (χ1v) is 4.97. The molecule has 0 spiro atoms. The van der Waals surface area contributed by atoms with Crippen molar-refractivity contribution in [1.29, 1.82) is 5.26 Å². The van der Waals surface area contributed by atoms with Crippen LogP contribution in [0.25, 0.3) is 0 Å². The van der Waals surface area contributed by atoms with Crippen LogP contribution in [0.1, 0.15) is 23.6 Å². The van der Waals surface area contributed by atoms with Gasteiger partial charge in [0.2, 0.25) is 0 Å². The second kappa shape index (κ2) is 4.45. The van der Waals surface area contributed by atoms with Crippen molar-refractivity contribution in [3.8, 4) is 11.8 Å². The first-order valence-electron chi connectivity index (χ1n) is 4.17. The second-order valence-corrected chi connectivity index (χ2v) is 4.01. The van der Waals surface area contributed by atoms with Gasteiger partial charge in [0, 0.05) is 11.6 Å². The second-order valence-electron chi connectivity index (χ2n) is 3.15. The molecule has 4 heteroatoms. The Hall–Kier alpha value is -1.05. The quantitative estimate of drug-likeness (QED) is 0.852. The molecule has 0 aliphatic carbocycles. The Balaban J connectivity index is 3.14. The number of hydrogen-bond donors (Lipinski definition) is 2. The van der Waals surface area contributed by atoms with Crippen molar-refractivity contribution < 1.29 is 5.11 Å². The number of phenolic OH excluding ortho intramolecular Hbond substituents is 1. The van der Waals surface area contributed by atoms with E-state index in [0.717, 1.165) is 5.56 Å². The molecule has 0 aromatic heterocycles. The van der Waals surface area contributed by atoms with E-state index in [1.807, 2.05) is 13.0 Å². The van der Waals surface area contributed by atoms with Gasteiger partial charge in [0.1, 0.15) is 5.75 Å². The maximum Gasteiger partial charge on any atom is 0.134 e. The topological polar surface area (TPSA) is 70.0 Å². The van der Waals surface area contributed by atoms with Gasteiger partial charge in [-0.3, -0.25) is 0 Å². The lowest BCUT2D eigenvalue weighted by Gasteiger charge is -2.12. The maximum absolute atomic E-state index is 9.68. The fourth-order valence-corrected chi connectivity index (χ4v) is 1.84. The van der Waals surface area contributed by atoms with Gasteiger partial charge < -0.3 is 10.8 Å². The van der Waals surface area contributed by atoms with Crippen LogP contribution in [0.5, 0.6) is 5.75 Å². The minimum absolute atomic E-state index is 0.123. The predicted octanol–water partition coefficient (Wildman–Crippen LogP) is 2.38. The number of aromatic hydroxyl groups is 1. The van der Waals surface area contributed by atoms with E-state index in [0.29, 0.717) is 10.0 Å². The number of benzene rings is 1. The Bertz CT molecular complexity index is 384. The summed E-state index contributed by atoms with van der Waals surface area (Å²) in [5, 5.41) is 18.2. The molecule has 0 aliphatic heterocycles. The summed E-state index contributed by atoms with van der Waals surface area (Å²) in [5.41, 5.74) is 7.35. The van der Waals surface area contributed by atoms with E-state index in [2.05, 4.69) is 15.9 Å². The first kappa shape index (κ1) is 11.0. The van der Waals surface area contributed by atoms with Gasteiger partial charge >= 0.3 is 0 Å². The number of nitriles is 1. The number of nitrogens with zero attached hydrogens (tertiary/aromatic N) is 1. The van der Waals surface area contributed by atoms with Crippen LogP contribution in [0, 0.1) is 18.3 Å². The summed E-state index contributed by atoms with van der Waals surface area (Å²) in [7, 11) is 0. The molecule has 0 amide bonds. The normalized spacial score (nSPS) is 12.1. The van der Waals surface area contributed by atoms with Crippen molar-refractivity contribution in [3.63, 3.8) is 0 Å². The number of phenols is 1. The molecule has 0 heterocycles. The highest BCUT2D eigenvalue weighted by molar-refractivity contribution is 9.10. The molecule has 0 saturated carbocycles. The summed E-state index contributed by atoms with van der Waals surface area (Å²) in [4.78, 5) is 0. The molecule has 74 valence electrons. The lowest BCUT2D eigenvalue weighted by molar-refractivity contribution is 0.458. The van der Waals surface area contributed by atoms with Gasteiger partial charge in [0.15, 0.2) is 0 Å². The highest BCUT2D eigenvalue weighted by atomic mass is 79.9. The Labute approximate surface area is 91.3 Å². The number of halogens is 1. The number of aryl methyl sites for hydroxylation is 1. The monoisotopic (exact) mass is 254 g/mol. The zero-order chi connectivity index (χ0) is 10.7. The predicted molar refractivity (Wildman–Crippen MR) is 57.7 cm³/mol. The molecule has 0 bridgehead atoms. The third kappa shape index (κ3) is 2.25. The molecule has 1 aromatic carbocycles. The summed E-state index contributed by atoms with van der Waals surface area (Å²) in [6.45, 7) is 1.91. The van der Waals surface area contributed by atoms with Crippen molar-refractivity contribution in [2.24, 2.45) is 5.73 Å². The van der Waals surface area contributed by atoms with Crippen molar-refractivity contribution >= 4 is 15.9 Å². The average molecular weight is 255 g/mol. The molecule has 3 N–H and O–H groups in total. The zero-order valence-electron chi connectivity index (χ0n) is 7.79. The third-order valence-corrected chi connectivity index (χ3v) is 2.55. The Kier molecular flexibility index (Phi) is 3.50. The van der Waals surface area contributed by atoms with Crippen molar-refractivity contribution in [1.82, 2.24) is 0 Å². The molecule has 0 fully saturated rings. The van der Waals surface area contributed by atoms with Crippen LogP contribution < -0.4 is 5.73 Å². The van der Waals surface area contributed by atoms with Crippen LogP contribution in [0.2, 0.25) is 0 Å². The lowest BCUT2D eigenvalue weighted by atomic mass is 10.0. The van der Waals surface area contributed by atoms with E-state index in [9.17, 15) is 5.11 Å². The zero-order valence-corrected chi connectivity index (χ0v) is 9.37. The van der Waals surface area contributed by atoms with E-state index >= 15 is 0 Å². The molecule has 1 rings (SSSR count). The number of hydrogen-bond acceptors (Lipinski definition) is 3. The maximum atomic E-state index is 9.68. The standard InChI is InChI=1S/C10H11BrN2O/c1-6-4-7(9(13)2-3-12)10(14)8(11)5-6/h4-5,9,14H,2,13H2,1H3/t9-/m0/s1. The highest BCUT2D eigenvalue weighted by Crippen LogP contribution is 2.33. The van der Waals surface area contributed by atoms with Crippen LogP contribution in [0.4, 0.5) is 0 Å². The molecule has 0 aliphatic rings. The van der Waals surface area contributed by atoms with Gasteiger partial charge in [0.25, 0.3) is 0 Å². The minimum Gasteiger partial charge on any atom is -0.506 e. The molecule has 14 heavy (non-hydrogen) atoms. The molecule has 3 nitrogen and oxygen atoms in total. The summed E-state index contributed by atoms with van der Waals surface area (Å²) in [6.07, 6.45) is 0.198. The molecule has 1 atom stereocenters. The average Bonchev–Trinajstić information content (AvgIpc) is 2.11. The van der Waals surface area contributed by atoms with Gasteiger partial charge in [-0.1, -0.05) is 6.07 Å². The van der Waals surface area contributed by atoms with Crippen LogP contribution >= 0.6 is 15.9 Å². The van der Waals surface area contributed by atoms with E-state index in [1.54, 1.807) is 12.1 Å². The SMILES string of the molecule is Cc1cc(Br)c(O)c([C@@H](N)CC#N)c1. The minimum atomic E-state index is -0.434. The molecule has 0 unspecified atom stereocenters. The first-order chi connectivity index (χ1) is 6.56.